The lowest BCUT2D eigenvalue weighted by Gasteiger charge is -2.24. The highest BCUT2D eigenvalue weighted by molar-refractivity contribution is 5.97. The van der Waals surface area contributed by atoms with E-state index in [4.69, 9.17) is 4.74 Å². The van der Waals surface area contributed by atoms with Gasteiger partial charge >= 0.3 is 0 Å². The molecule has 1 aromatic heterocycles. The SMILES string of the molecule is Cc1ccc(C(=O)NC(C(=O)NC(C)c2cccc(OCc3ccccn3)c2)C(C)C)cc1. The molecule has 172 valence electrons. The summed E-state index contributed by atoms with van der Waals surface area (Å²) in [6.07, 6.45) is 1.73. The number of nitrogens with zero attached hydrogens (tertiary/aromatic N) is 1. The standard InChI is InChI=1S/C27H31N3O3/c1-18(2)25(30-26(31)21-13-11-19(3)12-14-21)27(32)29-20(4)22-8-7-10-24(16-22)33-17-23-9-5-6-15-28-23/h5-16,18,20,25H,17H2,1-4H3,(H,29,32)(H,30,31). The van der Waals surface area contributed by atoms with E-state index in [-0.39, 0.29) is 23.8 Å². The summed E-state index contributed by atoms with van der Waals surface area (Å²) in [6.45, 7) is 8.07. The van der Waals surface area contributed by atoms with Crippen LogP contribution in [0, 0.1) is 12.8 Å². The van der Waals surface area contributed by atoms with Crippen molar-refractivity contribution in [3.63, 3.8) is 0 Å². The van der Waals surface area contributed by atoms with Crippen molar-refractivity contribution in [2.75, 3.05) is 0 Å². The predicted molar refractivity (Wildman–Crippen MR) is 129 cm³/mol. The third-order valence-electron chi connectivity index (χ3n) is 5.38. The number of pyridine rings is 1. The minimum absolute atomic E-state index is 0.0698. The number of aryl methyl sites for hydroxylation is 1. The zero-order valence-corrected chi connectivity index (χ0v) is 19.5. The molecular formula is C27H31N3O3. The Bertz CT molecular complexity index is 1070. The number of benzene rings is 2. The Kier molecular flexibility index (Phi) is 8.19. The molecule has 0 aliphatic carbocycles. The highest BCUT2D eigenvalue weighted by Crippen LogP contribution is 2.20. The van der Waals surface area contributed by atoms with E-state index in [9.17, 15) is 9.59 Å². The smallest absolute Gasteiger partial charge is 0.251 e. The monoisotopic (exact) mass is 445 g/mol. The first kappa shape index (κ1) is 24.0. The number of carbonyl (C=O) groups excluding carboxylic acids is 2. The number of rotatable bonds is 9. The summed E-state index contributed by atoms with van der Waals surface area (Å²) in [5.41, 5.74) is 3.36. The first-order chi connectivity index (χ1) is 15.8. The van der Waals surface area contributed by atoms with Gasteiger partial charge in [0, 0.05) is 11.8 Å². The van der Waals surface area contributed by atoms with Crippen molar-refractivity contribution in [1.29, 1.82) is 0 Å². The number of nitrogens with one attached hydrogen (secondary N) is 2. The predicted octanol–water partition coefficient (Wildman–Crippen LogP) is 4.60. The summed E-state index contributed by atoms with van der Waals surface area (Å²) in [6, 6.07) is 19.7. The maximum Gasteiger partial charge on any atom is 0.251 e. The average Bonchev–Trinajstić information content (AvgIpc) is 2.82. The minimum Gasteiger partial charge on any atom is -0.487 e. The highest BCUT2D eigenvalue weighted by atomic mass is 16.5. The van der Waals surface area contributed by atoms with E-state index in [1.165, 1.54) is 0 Å². The molecule has 0 fully saturated rings. The Morgan fingerprint density at radius 2 is 1.70 bits per heavy atom. The van der Waals surface area contributed by atoms with Gasteiger partial charge in [-0.3, -0.25) is 14.6 Å². The van der Waals surface area contributed by atoms with Gasteiger partial charge in [0.15, 0.2) is 0 Å². The molecule has 1 heterocycles. The Morgan fingerprint density at radius 1 is 0.939 bits per heavy atom. The van der Waals surface area contributed by atoms with Gasteiger partial charge in [-0.15, -0.1) is 0 Å². The number of hydrogen-bond donors (Lipinski definition) is 2. The van der Waals surface area contributed by atoms with E-state index in [0.29, 0.717) is 17.9 Å². The van der Waals surface area contributed by atoms with Gasteiger partial charge < -0.3 is 15.4 Å². The minimum atomic E-state index is -0.648. The molecule has 3 rings (SSSR count). The van der Waals surface area contributed by atoms with E-state index in [2.05, 4.69) is 15.6 Å². The molecule has 2 unspecified atom stereocenters. The van der Waals surface area contributed by atoms with Crippen molar-refractivity contribution >= 4 is 11.8 Å². The third-order valence-corrected chi connectivity index (χ3v) is 5.38. The zero-order chi connectivity index (χ0) is 23.8. The second-order valence-electron chi connectivity index (χ2n) is 8.47. The van der Waals surface area contributed by atoms with E-state index < -0.39 is 6.04 Å². The fraction of sp³-hybridized carbons (Fsp3) is 0.296. The van der Waals surface area contributed by atoms with E-state index >= 15 is 0 Å². The summed E-state index contributed by atoms with van der Waals surface area (Å²) < 4.78 is 5.85. The summed E-state index contributed by atoms with van der Waals surface area (Å²) in [5, 5.41) is 5.90. The molecule has 3 aromatic rings. The van der Waals surface area contributed by atoms with Crippen molar-refractivity contribution in [2.24, 2.45) is 5.92 Å². The number of ether oxygens (including phenoxy) is 1. The van der Waals surface area contributed by atoms with Gasteiger partial charge in [-0.05, 0) is 61.7 Å². The molecule has 0 radical (unpaired) electrons. The molecule has 2 atom stereocenters. The number of amides is 2. The summed E-state index contributed by atoms with van der Waals surface area (Å²) in [4.78, 5) is 29.9. The second kappa shape index (κ2) is 11.3. The zero-order valence-electron chi connectivity index (χ0n) is 19.5. The molecule has 0 aliphatic rings. The van der Waals surface area contributed by atoms with Crippen LogP contribution >= 0.6 is 0 Å². The molecule has 2 amide bonds. The maximum atomic E-state index is 13.0. The van der Waals surface area contributed by atoms with Gasteiger partial charge in [-0.1, -0.05) is 49.7 Å². The van der Waals surface area contributed by atoms with Crippen LogP contribution in [0.25, 0.3) is 0 Å². The van der Waals surface area contributed by atoms with Crippen LogP contribution in [0.2, 0.25) is 0 Å². The van der Waals surface area contributed by atoms with Crippen molar-refractivity contribution in [1.82, 2.24) is 15.6 Å². The van der Waals surface area contributed by atoms with Crippen LogP contribution in [-0.4, -0.2) is 22.8 Å². The third kappa shape index (κ3) is 6.91. The summed E-state index contributed by atoms with van der Waals surface area (Å²) in [7, 11) is 0. The lowest BCUT2D eigenvalue weighted by Crippen LogP contribution is -2.50. The summed E-state index contributed by atoms with van der Waals surface area (Å²) >= 11 is 0. The maximum absolute atomic E-state index is 13.0. The molecule has 2 aromatic carbocycles. The normalized spacial score (nSPS) is 12.6. The van der Waals surface area contributed by atoms with E-state index in [1.807, 2.05) is 82.3 Å². The molecule has 6 nitrogen and oxygen atoms in total. The van der Waals surface area contributed by atoms with E-state index in [0.717, 1.165) is 16.8 Å². The Hall–Kier alpha value is -3.67. The summed E-state index contributed by atoms with van der Waals surface area (Å²) in [5.74, 6) is 0.145. The Labute approximate surface area is 195 Å². The largest absolute Gasteiger partial charge is 0.487 e. The first-order valence-electron chi connectivity index (χ1n) is 11.1. The van der Waals surface area contributed by atoms with Crippen LogP contribution in [0.15, 0.2) is 72.9 Å². The number of aromatic nitrogens is 1. The quantitative estimate of drug-likeness (QED) is 0.504. The van der Waals surface area contributed by atoms with Gasteiger partial charge in [0.1, 0.15) is 18.4 Å². The van der Waals surface area contributed by atoms with Crippen LogP contribution in [0.4, 0.5) is 0 Å². The number of hydrogen-bond acceptors (Lipinski definition) is 4. The molecule has 0 saturated carbocycles. The fourth-order valence-corrected chi connectivity index (χ4v) is 3.37. The highest BCUT2D eigenvalue weighted by Gasteiger charge is 2.26. The molecule has 0 saturated heterocycles. The van der Waals surface area contributed by atoms with Crippen molar-refractivity contribution in [3.8, 4) is 5.75 Å². The molecule has 2 N–H and O–H groups in total. The molecule has 33 heavy (non-hydrogen) atoms. The molecular weight excluding hydrogens is 414 g/mol. The van der Waals surface area contributed by atoms with Gasteiger partial charge in [0.25, 0.3) is 5.91 Å². The van der Waals surface area contributed by atoms with Crippen molar-refractivity contribution in [2.45, 2.75) is 46.4 Å². The van der Waals surface area contributed by atoms with Crippen LogP contribution in [0.3, 0.4) is 0 Å². The van der Waals surface area contributed by atoms with Crippen molar-refractivity contribution < 1.29 is 14.3 Å². The van der Waals surface area contributed by atoms with Crippen LogP contribution in [0.5, 0.6) is 5.75 Å². The fourth-order valence-electron chi connectivity index (χ4n) is 3.37. The first-order valence-corrected chi connectivity index (χ1v) is 11.1. The Morgan fingerprint density at radius 3 is 2.36 bits per heavy atom. The number of carbonyl (C=O) groups is 2. The van der Waals surface area contributed by atoms with Gasteiger partial charge in [0.2, 0.25) is 5.91 Å². The van der Waals surface area contributed by atoms with E-state index in [1.54, 1.807) is 18.3 Å². The molecule has 6 heteroatoms. The van der Waals surface area contributed by atoms with Crippen LogP contribution < -0.4 is 15.4 Å². The molecule has 0 bridgehead atoms. The van der Waals surface area contributed by atoms with Gasteiger partial charge in [-0.2, -0.15) is 0 Å². The van der Waals surface area contributed by atoms with Crippen molar-refractivity contribution in [3.05, 3.63) is 95.3 Å². The van der Waals surface area contributed by atoms with Gasteiger partial charge in [-0.25, -0.2) is 0 Å². The molecule has 0 spiro atoms. The lowest BCUT2D eigenvalue weighted by molar-refractivity contribution is -0.124. The molecule has 0 aliphatic heterocycles. The second-order valence-corrected chi connectivity index (χ2v) is 8.47. The average molecular weight is 446 g/mol. The lowest BCUT2D eigenvalue weighted by atomic mass is 10.0. The van der Waals surface area contributed by atoms with Crippen LogP contribution in [0.1, 0.15) is 54.0 Å². The van der Waals surface area contributed by atoms with Gasteiger partial charge in [0.05, 0.1) is 11.7 Å². The topological polar surface area (TPSA) is 80.3 Å². The van der Waals surface area contributed by atoms with Crippen LogP contribution in [-0.2, 0) is 11.4 Å². The Balaban J connectivity index is 1.62.